The molecule has 0 aliphatic heterocycles. The molecule has 1 rings (SSSR count). The lowest BCUT2D eigenvalue weighted by atomic mass is 10.2. The molecule has 6 heteroatoms. The van der Waals surface area contributed by atoms with E-state index in [0.29, 0.717) is 0 Å². The average molecular weight is 227 g/mol. The first kappa shape index (κ1) is 12.0. The van der Waals surface area contributed by atoms with E-state index in [4.69, 9.17) is 10.2 Å². The van der Waals surface area contributed by atoms with Crippen molar-refractivity contribution in [2.75, 3.05) is 11.4 Å². The molecule has 2 N–H and O–H groups in total. The summed E-state index contributed by atoms with van der Waals surface area (Å²) < 4.78 is 13.0. The van der Waals surface area contributed by atoms with Crippen LogP contribution in [-0.4, -0.2) is 28.6 Å². The number of amides is 1. The Bertz CT molecular complexity index is 433. The predicted molar refractivity (Wildman–Crippen MR) is 53.7 cm³/mol. The summed E-state index contributed by atoms with van der Waals surface area (Å²) in [5.41, 5.74) is 0.0881. The van der Waals surface area contributed by atoms with Crippen molar-refractivity contribution in [2.45, 2.75) is 6.92 Å². The summed E-state index contributed by atoms with van der Waals surface area (Å²) in [5.74, 6) is -3.19. The van der Waals surface area contributed by atoms with Crippen LogP contribution >= 0.6 is 0 Å². The maximum atomic E-state index is 13.0. The Hall–Kier alpha value is -2.11. The third-order valence-corrected chi connectivity index (χ3v) is 1.92. The first-order valence-corrected chi connectivity index (χ1v) is 4.40. The van der Waals surface area contributed by atoms with Crippen molar-refractivity contribution >= 4 is 17.6 Å². The Morgan fingerprint density at radius 3 is 2.50 bits per heavy atom. The summed E-state index contributed by atoms with van der Waals surface area (Å²) in [5, 5.41) is 17.5. The number of carboxylic acid groups (broad SMARTS) is 1. The molecule has 0 spiro atoms. The van der Waals surface area contributed by atoms with Crippen LogP contribution in [0.5, 0.6) is 5.75 Å². The highest BCUT2D eigenvalue weighted by Gasteiger charge is 2.16. The molecule has 1 aromatic rings. The number of aliphatic carboxylic acids is 1. The zero-order valence-corrected chi connectivity index (χ0v) is 8.48. The zero-order chi connectivity index (χ0) is 12.3. The van der Waals surface area contributed by atoms with Crippen LogP contribution < -0.4 is 4.90 Å². The molecule has 1 aromatic carbocycles. The van der Waals surface area contributed by atoms with Crippen LogP contribution in [0.25, 0.3) is 0 Å². The summed E-state index contributed by atoms with van der Waals surface area (Å²) in [6, 6.07) is 3.23. The minimum atomic E-state index is -1.20. The van der Waals surface area contributed by atoms with E-state index in [-0.39, 0.29) is 5.69 Å². The number of phenols is 1. The molecule has 0 saturated carbocycles. The maximum Gasteiger partial charge on any atom is 0.323 e. The summed E-state index contributed by atoms with van der Waals surface area (Å²) in [7, 11) is 0. The van der Waals surface area contributed by atoms with Crippen LogP contribution in [0.4, 0.5) is 10.1 Å². The fourth-order valence-corrected chi connectivity index (χ4v) is 1.18. The standard InChI is InChI=1S/C10H10FNO4/c1-6(13)12(5-10(15)16)7-2-3-9(14)8(11)4-7/h2-4,14H,5H2,1H3,(H,15,16). The summed E-state index contributed by atoms with van der Waals surface area (Å²) in [6.45, 7) is 0.618. The maximum absolute atomic E-state index is 13.0. The van der Waals surface area contributed by atoms with Crippen LogP contribution in [0.3, 0.4) is 0 Å². The van der Waals surface area contributed by atoms with Crippen LogP contribution in [0.1, 0.15) is 6.92 Å². The smallest absolute Gasteiger partial charge is 0.323 e. The summed E-state index contributed by atoms with van der Waals surface area (Å²) >= 11 is 0. The van der Waals surface area contributed by atoms with Crippen LogP contribution in [0, 0.1) is 5.82 Å². The highest BCUT2D eigenvalue weighted by Crippen LogP contribution is 2.22. The number of anilines is 1. The van der Waals surface area contributed by atoms with Gasteiger partial charge in [-0.05, 0) is 12.1 Å². The third kappa shape index (κ3) is 2.69. The number of hydrogen-bond acceptors (Lipinski definition) is 3. The molecule has 0 atom stereocenters. The summed E-state index contributed by atoms with van der Waals surface area (Å²) in [4.78, 5) is 22.5. The van der Waals surface area contributed by atoms with E-state index < -0.39 is 30.0 Å². The fraction of sp³-hybridized carbons (Fsp3) is 0.200. The van der Waals surface area contributed by atoms with Gasteiger partial charge in [0.05, 0.1) is 0 Å². The number of hydrogen-bond donors (Lipinski definition) is 2. The van der Waals surface area contributed by atoms with E-state index >= 15 is 0 Å². The van der Waals surface area contributed by atoms with E-state index in [0.717, 1.165) is 17.0 Å². The lowest BCUT2D eigenvalue weighted by Gasteiger charge is -2.18. The molecule has 86 valence electrons. The lowest BCUT2D eigenvalue weighted by molar-refractivity contribution is -0.136. The Morgan fingerprint density at radius 2 is 2.06 bits per heavy atom. The number of phenolic OH excluding ortho intramolecular Hbond substituents is 1. The second-order valence-corrected chi connectivity index (χ2v) is 3.13. The van der Waals surface area contributed by atoms with Crippen molar-refractivity contribution in [1.82, 2.24) is 0 Å². The first-order chi connectivity index (χ1) is 7.41. The second-order valence-electron chi connectivity index (χ2n) is 3.13. The van der Waals surface area contributed by atoms with Crippen molar-refractivity contribution in [3.8, 4) is 5.75 Å². The van der Waals surface area contributed by atoms with E-state index in [1.165, 1.54) is 13.0 Å². The monoisotopic (exact) mass is 227 g/mol. The van der Waals surface area contributed by atoms with Gasteiger partial charge >= 0.3 is 5.97 Å². The number of aromatic hydroxyl groups is 1. The van der Waals surface area contributed by atoms with Gasteiger partial charge in [-0.3, -0.25) is 9.59 Å². The van der Waals surface area contributed by atoms with Gasteiger partial charge in [-0.25, -0.2) is 4.39 Å². The molecular weight excluding hydrogens is 217 g/mol. The van der Waals surface area contributed by atoms with Gasteiger partial charge in [0.1, 0.15) is 6.54 Å². The molecule has 0 aliphatic rings. The van der Waals surface area contributed by atoms with E-state index in [2.05, 4.69) is 0 Å². The van der Waals surface area contributed by atoms with Crippen molar-refractivity contribution in [2.24, 2.45) is 0 Å². The Labute approximate surface area is 90.7 Å². The second kappa shape index (κ2) is 4.61. The quantitative estimate of drug-likeness (QED) is 0.806. The molecule has 0 heterocycles. The van der Waals surface area contributed by atoms with Crippen molar-refractivity contribution < 1.29 is 24.2 Å². The summed E-state index contributed by atoms with van der Waals surface area (Å²) in [6.07, 6.45) is 0. The number of benzene rings is 1. The minimum absolute atomic E-state index is 0.0881. The minimum Gasteiger partial charge on any atom is -0.505 e. The SMILES string of the molecule is CC(=O)N(CC(=O)O)c1ccc(O)c(F)c1. The van der Waals surface area contributed by atoms with Gasteiger partial charge in [0.2, 0.25) is 5.91 Å². The lowest BCUT2D eigenvalue weighted by Crippen LogP contribution is -2.33. The molecule has 1 amide bonds. The van der Waals surface area contributed by atoms with Crippen molar-refractivity contribution in [3.63, 3.8) is 0 Å². The van der Waals surface area contributed by atoms with Gasteiger partial charge in [-0.1, -0.05) is 0 Å². The molecule has 0 aliphatic carbocycles. The van der Waals surface area contributed by atoms with Gasteiger partial charge in [0.15, 0.2) is 11.6 Å². The number of nitrogens with zero attached hydrogens (tertiary/aromatic N) is 1. The number of carbonyl (C=O) groups is 2. The topological polar surface area (TPSA) is 77.8 Å². The van der Waals surface area contributed by atoms with Crippen molar-refractivity contribution in [1.29, 1.82) is 0 Å². The number of halogens is 1. The Morgan fingerprint density at radius 1 is 1.44 bits per heavy atom. The first-order valence-electron chi connectivity index (χ1n) is 4.40. The third-order valence-electron chi connectivity index (χ3n) is 1.92. The molecule has 0 radical (unpaired) electrons. The molecule has 0 fully saturated rings. The van der Waals surface area contributed by atoms with Gasteiger partial charge in [0.25, 0.3) is 0 Å². The van der Waals surface area contributed by atoms with E-state index in [9.17, 15) is 14.0 Å². The average Bonchev–Trinajstić information content (AvgIpc) is 2.18. The number of carbonyl (C=O) groups excluding carboxylic acids is 1. The van der Waals surface area contributed by atoms with Crippen LogP contribution in [-0.2, 0) is 9.59 Å². The van der Waals surface area contributed by atoms with Crippen LogP contribution in [0.15, 0.2) is 18.2 Å². The molecule has 0 aromatic heterocycles. The van der Waals surface area contributed by atoms with Gasteiger partial charge in [-0.2, -0.15) is 0 Å². The highest BCUT2D eigenvalue weighted by atomic mass is 19.1. The van der Waals surface area contributed by atoms with E-state index in [1.54, 1.807) is 0 Å². The normalized spacial score (nSPS) is 9.88. The van der Waals surface area contributed by atoms with Gasteiger partial charge in [-0.15, -0.1) is 0 Å². The van der Waals surface area contributed by atoms with Gasteiger partial charge in [0, 0.05) is 18.7 Å². The van der Waals surface area contributed by atoms with Gasteiger partial charge < -0.3 is 15.1 Å². The molecule has 0 bridgehead atoms. The fourth-order valence-electron chi connectivity index (χ4n) is 1.18. The Balaban J connectivity index is 3.06. The number of rotatable bonds is 3. The predicted octanol–water partition coefficient (Wildman–Crippen LogP) is 0.969. The van der Waals surface area contributed by atoms with E-state index in [1.807, 2.05) is 0 Å². The molecule has 0 unspecified atom stereocenters. The highest BCUT2D eigenvalue weighted by molar-refractivity contribution is 5.95. The molecule has 0 saturated heterocycles. The zero-order valence-electron chi connectivity index (χ0n) is 8.48. The molecular formula is C10H10FNO4. The largest absolute Gasteiger partial charge is 0.505 e. The van der Waals surface area contributed by atoms with Crippen LogP contribution in [0.2, 0.25) is 0 Å². The van der Waals surface area contributed by atoms with Crippen molar-refractivity contribution in [3.05, 3.63) is 24.0 Å². The number of carboxylic acids is 1. The Kier molecular flexibility index (Phi) is 3.44. The molecule has 5 nitrogen and oxygen atoms in total. The molecule has 16 heavy (non-hydrogen) atoms.